The Morgan fingerprint density at radius 3 is 2.26 bits per heavy atom. The zero-order valence-corrected chi connectivity index (χ0v) is 23.8. The Balaban J connectivity index is 1.31. The SMILES string of the molecule is COCCN1CCN(C2CCN(c3ccc4[nH]c(-c5ccc(OC)c(OC)c5)c(C(C)C)c4c3)CC2)CC1. The maximum Gasteiger partial charge on any atom is 0.161 e. The van der Waals surface area contributed by atoms with Crippen LogP contribution in [0.3, 0.4) is 0 Å². The zero-order valence-electron chi connectivity index (χ0n) is 23.8. The molecule has 3 aromatic rings. The van der Waals surface area contributed by atoms with Gasteiger partial charge in [0.2, 0.25) is 0 Å². The van der Waals surface area contributed by atoms with E-state index < -0.39 is 0 Å². The third kappa shape index (κ3) is 5.51. The summed E-state index contributed by atoms with van der Waals surface area (Å²) in [7, 11) is 5.15. The minimum atomic E-state index is 0.385. The summed E-state index contributed by atoms with van der Waals surface area (Å²) in [5, 5.41) is 1.32. The van der Waals surface area contributed by atoms with Gasteiger partial charge in [-0.1, -0.05) is 13.8 Å². The lowest BCUT2D eigenvalue weighted by Gasteiger charge is -2.43. The third-order valence-electron chi connectivity index (χ3n) is 8.44. The molecule has 38 heavy (non-hydrogen) atoms. The van der Waals surface area contributed by atoms with Crippen molar-refractivity contribution in [1.82, 2.24) is 14.8 Å². The van der Waals surface area contributed by atoms with Gasteiger partial charge < -0.3 is 24.1 Å². The van der Waals surface area contributed by atoms with Crippen LogP contribution < -0.4 is 14.4 Å². The molecule has 7 nitrogen and oxygen atoms in total. The first-order chi connectivity index (χ1) is 18.5. The highest BCUT2D eigenvalue weighted by atomic mass is 16.5. The van der Waals surface area contributed by atoms with Crippen LogP contribution in [0, 0.1) is 0 Å². The summed E-state index contributed by atoms with van der Waals surface area (Å²) < 4.78 is 16.3. The topological polar surface area (TPSA) is 53.2 Å². The second kappa shape index (κ2) is 12.0. The first kappa shape index (κ1) is 26.9. The minimum absolute atomic E-state index is 0.385. The van der Waals surface area contributed by atoms with Gasteiger partial charge in [0.15, 0.2) is 11.5 Å². The molecule has 5 rings (SSSR count). The lowest BCUT2D eigenvalue weighted by atomic mass is 9.95. The van der Waals surface area contributed by atoms with Crippen molar-refractivity contribution in [3.63, 3.8) is 0 Å². The molecule has 0 saturated carbocycles. The third-order valence-corrected chi connectivity index (χ3v) is 8.44. The molecule has 0 amide bonds. The minimum Gasteiger partial charge on any atom is -0.493 e. The molecule has 0 radical (unpaired) electrons. The number of hydrogen-bond donors (Lipinski definition) is 1. The molecule has 2 saturated heterocycles. The summed E-state index contributed by atoms with van der Waals surface area (Å²) in [6.07, 6.45) is 2.47. The number of benzene rings is 2. The molecule has 2 aliphatic heterocycles. The zero-order chi connectivity index (χ0) is 26.6. The van der Waals surface area contributed by atoms with Crippen molar-refractivity contribution < 1.29 is 14.2 Å². The molecule has 0 unspecified atom stereocenters. The fraction of sp³-hybridized carbons (Fsp3) is 0.548. The van der Waals surface area contributed by atoms with E-state index in [1.54, 1.807) is 21.3 Å². The molecule has 2 fully saturated rings. The summed E-state index contributed by atoms with van der Waals surface area (Å²) in [5.41, 5.74) is 6.16. The smallest absolute Gasteiger partial charge is 0.161 e. The van der Waals surface area contributed by atoms with Gasteiger partial charge in [0, 0.05) is 81.1 Å². The fourth-order valence-electron chi connectivity index (χ4n) is 6.28. The van der Waals surface area contributed by atoms with E-state index in [4.69, 9.17) is 14.2 Å². The lowest BCUT2D eigenvalue weighted by Crippen LogP contribution is -2.53. The molecule has 7 heteroatoms. The molecule has 0 atom stereocenters. The number of hydrogen-bond acceptors (Lipinski definition) is 6. The molecular weight excluding hydrogens is 476 g/mol. The van der Waals surface area contributed by atoms with Gasteiger partial charge in [-0.05, 0) is 60.7 Å². The quantitative estimate of drug-likeness (QED) is 0.418. The second-order valence-corrected chi connectivity index (χ2v) is 11.0. The van der Waals surface area contributed by atoms with Crippen LogP contribution in [0.2, 0.25) is 0 Å². The number of ether oxygens (including phenoxy) is 3. The molecule has 0 bridgehead atoms. The van der Waals surface area contributed by atoms with E-state index in [9.17, 15) is 0 Å². The van der Waals surface area contributed by atoms with Gasteiger partial charge in [-0.2, -0.15) is 0 Å². The van der Waals surface area contributed by atoms with Crippen molar-refractivity contribution in [2.75, 3.05) is 78.6 Å². The van der Waals surface area contributed by atoms with E-state index >= 15 is 0 Å². The van der Waals surface area contributed by atoms with Crippen LogP contribution in [0.25, 0.3) is 22.2 Å². The van der Waals surface area contributed by atoms with Crippen LogP contribution in [0.15, 0.2) is 36.4 Å². The predicted octanol–water partition coefficient (Wildman–Crippen LogP) is 5.21. The van der Waals surface area contributed by atoms with Crippen LogP contribution in [0.1, 0.15) is 38.2 Å². The standard InChI is InChI=1S/C31H44N4O3/c1-22(2)30-26-21-25(7-8-27(26)32-31(30)23-6-9-28(37-4)29(20-23)38-5)34-12-10-24(11-13-34)35-16-14-33(15-17-35)18-19-36-3/h6-9,20-22,24,32H,10-19H2,1-5H3. The molecule has 1 N–H and O–H groups in total. The largest absolute Gasteiger partial charge is 0.493 e. The monoisotopic (exact) mass is 520 g/mol. The van der Waals surface area contributed by atoms with Crippen molar-refractivity contribution in [3.05, 3.63) is 42.0 Å². The normalized spacial score (nSPS) is 18.0. The molecule has 0 aliphatic carbocycles. The molecule has 2 aliphatic rings. The number of fused-ring (bicyclic) bond motifs is 1. The van der Waals surface area contributed by atoms with Crippen molar-refractivity contribution in [2.45, 2.75) is 38.6 Å². The van der Waals surface area contributed by atoms with Crippen molar-refractivity contribution in [1.29, 1.82) is 0 Å². The lowest BCUT2D eigenvalue weighted by molar-refractivity contribution is 0.0672. The Hall–Kier alpha value is -2.74. The maximum atomic E-state index is 5.59. The van der Waals surface area contributed by atoms with Crippen LogP contribution in [-0.4, -0.2) is 94.6 Å². The Morgan fingerprint density at radius 2 is 1.61 bits per heavy atom. The molecule has 2 aromatic carbocycles. The highest BCUT2D eigenvalue weighted by Crippen LogP contribution is 2.40. The van der Waals surface area contributed by atoms with Gasteiger partial charge >= 0.3 is 0 Å². The number of aromatic amines is 1. The summed E-state index contributed by atoms with van der Waals surface area (Å²) in [6.45, 7) is 13.4. The van der Waals surface area contributed by atoms with Crippen molar-refractivity contribution >= 4 is 16.6 Å². The number of anilines is 1. The highest BCUT2D eigenvalue weighted by molar-refractivity contribution is 5.93. The van der Waals surface area contributed by atoms with Gasteiger partial charge in [-0.25, -0.2) is 0 Å². The average Bonchev–Trinajstić information content (AvgIpc) is 3.35. The Bertz CT molecular complexity index is 1210. The number of H-pyrrole nitrogens is 1. The maximum absolute atomic E-state index is 5.59. The summed E-state index contributed by atoms with van der Waals surface area (Å²) in [6, 6.07) is 13.8. The van der Waals surface area contributed by atoms with E-state index in [-0.39, 0.29) is 0 Å². The van der Waals surface area contributed by atoms with E-state index in [1.807, 2.05) is 6.07 Å². The Labute approximate surface area is 227 Å². The first-order valence-corrected chi connectivity index (χ1v) is 14.1. The number of nitrogens with one attached hydrogen (secondary N) is 1. The number of piperazine rings is 1. The number of methoxy groups -OCH3 is 3. The van der Waals surface area contributed by atoms with Crippen LogP contribution in [-0.2, 0) is 4.74 Å². The van der Waals surface area contributed by atoms with Crippen LogP contribution in [0.4, 0.5) is 5.69 Å². The first-order valence-electron chi connectivity index (χ1n) is 14.1. The van der Waals surface area contributed by atoms with Gasteiger partial charge in [-0.3, -0.25) is 9.80 Å². The predicted molar refractivity (Wildman–Crippen MR) is 156 cm³/mol. The van der Waals surface area contributed by atoms with Gasteiger partial charge in [0.1, 0.15) is 0 Å². The number of rotatable bonds is 9. The van der Waals surface area contributed by atoms with Gasteiger partial charge in [-0.15, -0.1) is 0 Å². The fourth-order valence-corrected chi connectivity index (χ4v) is 6.28. The van der Waals surface area contributed by atoms with Gasteiger partial charge in [0.05, 0.1) is 26.5 Å². The molecule has 3 heterocycles. The van der Waals surface area contributed by atoms with Crippen molar-refractivity contribution in [3.8, 4) is 22.8 Å². The summed E-state index contributed by atoms with van der Waals surface area (Å²) in [5.74, 6) is 1.88. The Morgan fingerprint density at radius 1 is 0.868 bits per heavy atom. The average molecular weight is 521 g/mol. The second-order valence-electron chi connectivity index (χ2n) is 11.0. The molecule has 206 valence electrons. The number of nitrogens with zero attached hydrogens (tertiary/aromatic N) is 3. The van der Waals surface area contributed by atoms with Crippen LogP contribution >= 0.6 is 0 Å². The van der Waals surface area contributed by atoms with Crippen molar-refractivity contribution in [2.24, 2.45) is 0 Å². The van der Waals surface area contributed by atoms with E-state index in [1.165, 1.54) is 48.1 Å². The number of piperidine rings is 1. The van der Waals surface area contributed by atoms with Crippen LogP contribution in [0.5, 0.6) is 11.5 Å². The van der Waals surface area contributed by atoms with E-state index in [2.05, 4.69) is 63.9 Å². The molecule has 0 spiro atoms. The van der Waals surface area contributed by atoms with E-state index in [0.717, 1.165) is 62.1 Å². The van der Waals surface area contributed by atoms with E-state index in [0.29, 0.717) is 12.0 Å². The summed E-state index contributed by atoms with van der Waals surface area (Å²) in [4.78, 5) is 11.6. The molecular formula is C31H44N4O3. The number of aromatic nitrogens is 1. The van der Waals surface area contributed by atoms with Gasteiger partial charge in [0.25, 0.3) is 0 Å². The molecule has 1 aromatic heterocycles. The summed E-state index contributed by atoms with van der Waals surface area (Å²) >= 11 is 0. The Kier molecular flexibility index (Phi) is 8.46. The highest BCUT2D eigenvalue weighted by Gasteiger charge is 2.28.